The maximum atomic E-state index is 6.09. The highest BCUT2D eigenvalue weighted by Crippen LogP contribution is 2.44. The second-order valence-electron chi connectivity index (χ2n) is 7.80. The molecule has 4 aliphatic rings. The highest BCUT2D eigenvalue weighted by molar-refractivity contribution is 5.65. The van der Waals surface area contributed by atoms with Crippen molar-refractivity contribution >= 4 is 5.69 Å². The zero-order valence-electron chi connectivity index (χ0n) is 14.6. The second-order valence-corrected chi connectivity index (χ2v) is 7.80. The molecule has 2 heterocycles. The molecule has 1 aromatic rings. The van der Waals surface area contributed by atoms with Crippen molar-refractivity contribution in [2.24, 2.45) is 11.7 Å². The summed E-state index contributed by atoms with van der Waals surface area (Å²) in [5.74, 6) is 2.46. The molecule has 3 nitrogen and oxygen atoms in total. The van der Waals surface area contributed by atoms with Crippen LogP contribution in [0.1, 0.15) is 43.6 Å². The van der Waals surface area contributed by atoms with Gasteiger partial charge in [0.2, 0.25) is 0 Å². The van der Waals surface area contributed by atoms with E-state index in [-0.39, 0.29) is 0 Å². The topological polar surface area (TPSA) is 41.8 Å². The predicted molar refractivity (Wildman–Crippen MR) is 101 cm³/mol. The third kappa shape index (κ3) is 2.76. The van der Waals surface area contributed by atoms with Gasteiger partial charge in [0, 0.05) is 23.8 Å². The number of ether oxygens (including phenoxy) is 1. The fourth-order valence-corrected chi connectivity index (χ4v) is 4.79. The first kappa shape index (κ1) is 15.1. The van der Waals surface area contributed by atoms with Crippen molar-refractivity contribution in [1.29, 1.82) is 0 Å². The van der Waals surface area contributed by atoms with Gasteiger partial charge in [0.15, 0.2) is 6.10 Å². The molecule has 0 aromatic heterocycles. The van der Waals surface area contributed by atoms with Crippen molar-refractivity contribution < 1.29 is 4.74 Å². The van der Waals surface area contributed by atoms with Crippen LogP contribution in [0.3, 0.4) is 0 Å². The molecule has 130 valence electrons. The molecule has 5 rings (SSSR count). The fraction of sp³-hybridized carbons (Fsp3) is 0.455. The number of unbranched alkanes of at least 4 members (excludes halogenated alkanes) is 1. The van der Waals surface area contributed by atoms with Crippen molar-refractivity contribution in [2.45, 2.75) is 50.2 Å². The molecule has 25 heavy (non-hydrogen) atoms. The summed E-state index contributed by atoms with van der Waals surface area (Å²) in [7, 11) is 0. The Morgan fingerprint density at radius 2 is 2.04 bits per heavy atom. The van der Waals surface area contributed by atoms with Gasteiger partial charge in [0.05, 0.1) is 6.04 Å². The van der Waals surface area contributed by atoms with Gasteiger partial charge in [-0.05, 0) is 61.5 Å². The number of benzene rings is 1. The van der Waals surface area contributed by atoms with Crippen LogP contribution in [0.25, 0.3) is 0 Å². The van der Waals surface area contributed by atoms with Crippen LogP contribution in [0.2, 0.25) is 0 Å². The van der Waals surface area contributed by atoms with Gasteiger partial charge in [-0.2, -0.15) is 0 Å². The molecule has 0 saturated carbocycles. The third-order valence-corrected chi connectivity index (χ3v) is 6.15. The van der Waals surface area contributed by atoms with Gasteiger partial charge < -0.3 is 15.4 Å². The summed E-state index contributed by atoms with van der Waals surface area (Å²) in [6, 6.07) is 9.23. The minimum Gasteiger partial charge on any atom is -0.483 e. The van der Waals surface area contributed by atoms with E-state index in [0.717, 1.165) is 18.2 Å². The highest BCUT2D eigenvalue weighted by Gasteiger charge is 2.38. The minimum absolute atomic E-state index is 0.389. The number of allylic oxidation sites excluding steroid dienone is 2. The summed E-state index contributed by atoms with van der Waals surface area (Å²) in [4.78, 5) is 2.57. The molecule has 1 fully saturated rings. The number of hydrogen-bond acceptors (Lipinski definition) is 3. The van der Waals surface area contributed by atoms with Crippen LogP contribution in [0.5, 0.6) is 0 Å². The van der Waals surface area contributed by atoms with Crippen molar-refractivity contribution in [3.8, 4) is 0 Å². The number of rotatable bonds is 5. The van der Waals surface area contributed by atoms with Crippen LogP contribution >= 0.6 is 0 Å². The summed E-state index contributed by atoms with van der Waals surface area (Å²) in [5.41, 5.74) is 9.82. The van der Waals surface area contributed by atoms with Crippen LogP contribution in [0.15, 0.2) is 60.0 Å². The molecule has 0 radical (unpaired) electrons. The Labute approximate surface area is 149 Å². The Balaban J connectivity index is 1.23. The minimum atomic E-state index is 0.389. The van der Waals surface area contributed by atoms with E-state index in [9.17, 15) is 0 Å². The Bertz CT molecular complexity index is 763. The molecule has 2 aliphatic heterocycles. The van der Waals surface area contributed by atoms with E-state index in [1.165, 1.54) is 49.1 Å². The molecule has 0 bridgehead atoms. The largest absolute Gasteiger partial charge is 0.483 e. The number of fused-ring (bicyclic) bond motifs is 4. The summed E-state index contributed by atoms with van der Waals surface area (Å²) >= 11 is 0. The average Bonchev–Trinajstić information content (AvgIpc) is 3.34. The summed E-state index contributed by atoms with van der Waals surface area (Å²) < 4.78 is 5.53. The predicted octanol–water partition coefficient (Wildman–Crippen LogP) is 4.23. The van der Waals surface area contributed by atoms with Crippen molar-refractivity contribution in [3.05, 3.63) is 65.6 Å². The molecule has 4 atom stereocenters. The van der Waals surface area contributed by atoms with E-state index < -0.39 is 0 Å². The average molecular weight is 334 g/mol. The van der Waals surface area contributed by atoms with Gasteiger partial charge in [0.25, 0.3) is 0 Å². The van der Waals surface area contributed by atoms with Gasteiger partial charge in [-0.25, -0.2) is 0 Å². The molecule has 2 N–H and O–H groups in total. The number of hydrogen-bond donors (Lipinski definition) is 1. The van der Waals surface area contributed by atoms with E-state index in [1.54, 1.807) is 0 Å². The van der Waals surface area contributed by atoms with Crippen LogP contribution in [0.4, 0.5) is 5.69 Å². The number of epoxide rings is 1. The van der Waals surface area contributed by atoms with Crippen LogP contribution in [-0.2, 0) is 4.74 Å². The monoisotopic (exact) mass is 334 g/mol. The number of anilines is 1. The van der Waals surface area contributed by atoms with Gasteiger partial charge in [0.1, 0.15) is 5.76 Å². The lowest BCUT2D eigenvalue weighted by Gasteiger charge is -2.29. The summed E-state index contributed by atoms with van der Waals surface area (Å²) in [6.45, 7) is 1.11. The lowest BCUT2D eigenvalue weighted by molar-refractivity contribution is 0.396. The van der Waals surface area contributed by atoms with E-state index in [4.69, 9.17) is 10.5 Å². The van der Waals surface area contributed by atoms with Gasteiger partial charge in [-0.3, -0.25) is 0 Å². The third-order valence-electron chi connectivity index (χ3n) is 6.15. The number of nitrogens with two attached hydrogens (primary N) is 1. The van der Waals surface area contributed by atoms with E-state index in [0.29, 0.717) is 18.1 Å². The van der Waals surface area contributed by atoms with E-state index in [1.807, 2.05) is 0 Å². The molecule has 1 saturated heterocycles. The SMILES string of the molecule is NC1=CC2C(C=C1)c1ccccc1N2CCCCC1C=C2OC2CC1. The Morgan fingerprint density at radius 1 is 1.12 bits per heavy atom. The summed E-state index contributed by atoms with van der Waals surface area (Å²) in [6.07, 6.45) is 15.8. The van der Waals surface area contributed by atoms with Crippen LogP contribution in [-0.4, -0.2) is 18.7 Å². The van der Waals surface area contributed by atoms with Gasteiger partial charge in [-0.15, -0.1) is 0 Å². The molecule has 1 aromatic carbocycles. The van der Waals surface area contributed by atoms with Gasteiger partial charge >= 0.3 is 0 Å². The van der Waals surface area contributed by atoms with Crippen molar-refractivity contribution in [3.63, 3.8) is 0 Å². The van der Waals surface area contributed by atoms with Crippen LogP contribution in [0, 0.1) is 5.92 Å². The van der Waals surface area contributed by atoms with Crippen molar-refractivity contribution in [1.82, 2.24) is 0 Å². The Kier molecular flexibility index (Phi) is 3.61. The molecule has 0 spiro atoms. The molecular formula is C22H26N2O. The highest BCUT2D eigenvalue weighted by atomic mass is 16.6. The van der Waals surface area contributed by atoms with Crippen LogP contribution < -0.4 is 10.6 Å². The first-order chi connectivity index (χ1) is 12.3. The first-order valence-electron chi connectivity index (χ1n) is 9.69. The second kappa shape index (κ2) is 5.98. The molecule has 0 amide bonds. The Hall–Kier alpha value is -2.16. The maximum absolute atomic E-state index is 6.09. The van der Waals surface area contributed by atoms with E-state index >= 15 is 0 Å². The quantitative estimate of drug-likeness (QED) is 0.647. The first-order valence-corrected chi connectivity index (χ1v) is 9.69. The molecule has 4 unspecified atom stereocenters. The normalized spacial score (nSPS) is 31.4. The molecule has 3 heteroatoms. The van der Waals surface area contributed by atoms with Crippen molar-refractivity contribution in [2.75, 3.05) is 11.4 Å². The molecular weight excluding hydrogens is 308 g/mol. The smallest absolute Gasteiger partial charge is 0.155 e. The lowest BCUT2D eigenvalue weighted by atomic mass is 9.90. The zero-order chi connectivity index (χ0) is 16.8. The maximum Gasteiger partial charge on any atom is 0.155 e. The van der Waals surface area contributed by atoms with E-state index in [2.05, 4.69) is 53.5 Å². The zero-order valence-corrected chi connectivity index (χ0v) is 14.6. The number of nitrogens with zero attached hydrogens (tertiary/aromatic N) is 1. The van der Waals surface area contributed by atoms with Gasteiger partial charge in [-0.1, -0.05) is 30.7 Å². The Morgan fingerprint density at radius 3 is 2.96 bits per heavy atom. The molecule has 2 aliphatic carbocycles. The fourth-order valence-electron chi connectivity index (χ4n) is 4.79. The summed E-state index contributed by atoms with van der Waals surface area (Å²) in [5, 5.41) is 0. The standard InChI is InChI=1S/C22H26N2O/c23-16-9-10-18-17-6-1-2-7-19(17)24(20(18)14-16)12-4-3-5-15-8-11-21-22(13-15)25-21/h1-2,6-7,9-10,13-15,18,20-21H,3-5,8,11-12,23H2. The lowest BCUT2D eigenvalue weighted by Crippen LogP contribution is -2.34. The number of para-hydroxylation sites is 1.